The highest BCUT2D eigenvalue weighted by molar-refractivity contribution is 5.75. The SMILES string of the molecule is CCCCn1c(=N)n(C[C@H](O)COc2ccccc2OC)c2ccccc21. The van der Waals surface area contributed by atoms with Crippen molar-refractivity contribution in [1.29, 1.82) is 5.41 Å². The Morgan fingerprint density at radius 1 is 1.00 bits per heavy atom. The van der Waals surface area contributed by atoms with Crippen LogP contribution in [0.15, 0.2) is 48.5 Å². The zero-order chi connectivity index (χ0) is 19.2. The molecule has 3 rings (SSSR count). The fourth-order valence-corrected chi connectivity index (χ4v) is 3.21. The van der Waals surface area contributed by atoms with E-state index in [1.54, 1.807) is 7.11 Å². The van der Waals surface area contributed by atoms with Crippen LogP contribution in [0.25, 0.3) is 11.0 Å². The first-order chi connectivity index (χ1) is 13.2. The van der Waals surface area contributed by atoms with E-state index in [0.717, 1.165) is 30.4 Å². The first-order valence-corrected chi connectivity index (χ1v) is 9.32. The molecule has 0 aliphatic heterocycles. The average Bonchev–Trinajstić information content (AvgIpc) is 2.96. The highest BCUT2D eigenvalue weighted by Crippen LogP contribution is 2.25. The van der Waals surface area contributed by atoms with Gasteiger partial charge < -0.3 is 23.7 Å². The molecular formula is C21H27N3O3. The molecule has 0 unspecified atom stereocenters. The van der Waals surface area contributed by atoms with Crippen molar-refractivity contribution in [3.05, 3.63) is 54.1 Å². The summed E-state index contributed by atoms with van der Waals surface area (Å²) in [5, 5.41) is 19.1. The number of hydrogen-bond acceptors (Lipinski definition) is 4. The number of fused-ring (bicyclic) bond motifs is 1. The number of methoxy groups -OCH3 is 1. The van der Waals surface area contributed by atoms with Crippen LogP contribution in [-0.4, -0.2) is 34.1 Å². The molecule has 0 aliphatic carbocycles. The highest BCUT2D eigenvalue weighted by atomic mass is 16.5. The van der Waals surface area contributed by atoms with Gasteiger partial charge in [-0.1, -0.05) is 37.6 Å². The van der Waals surface area contributed by atoms with E-state index in [2.05, 4.69) is 6.92 Å². The summed E-state index contributed by atoms with van der Waals surface area (Å²) in [6.07, 6.45) is 1.35. The van der Waals surface area contributed by atoms with Gasteiger partial charge >= 0.3 is 0 Å². The Labute approximate surface area is 159 Å². The van der Waals surface area contributed by atoms with E-state index in [-0.39, 0.29) is 6.61 Å². The predicted octanol–water partition coefficient (Wildman–Crippen LogP) is 3.17. The van der Waals surface area contributed by atoms with Gasteiger partial charge in [0.2, 0.25) is 5.62 Å². The van der Waals surface area contributed by atoms with Crippen LogP contribution in [0.3, 0.4) is 0 Å². The molecule has 27 heavy (non-hydrogen) atoms. The van der Waals surface area contributed by atoms with E-state index in [9.17, 15) is 5.11 Å². The second-order valence-electron chi connectivity index (χ2n) is 6.54. The number of nitrogens with zero attached hydrogens (tertiary/aromatic N) is 2. The molecule has 0 fully saturated rings. The third-order valence-electron chi connectivity index (χ3n) is 4.60. The third-order valence-corrected chi connectivity index (χ3v) is 4.60. The summed E-state index contributed by atoms with van der Waals surface area (Å²) in [5.41, 5.74) is 2.38. The van der Waals surface area contributed by atoms with Crippen LogP contribution < -0.4 is 15.1 Å². The van der Waals surface area contributed by atoms with Gasteiger partial charge in [-0.3, -0.25) is 5.41 Å². The molecule has 0 radical (unpaired) electrons. The molecule has 0 spiro atoms. The standard InChI is InChI=1S/C21H27N3O3/c1-3-4-13-23-17-9-5-6-10-18(17)24(21(23)22)14-16(25)15-27-20-12-8-7-11-19(20)26-2/h5-12,16,22,25H,3-4,13-15H2,1-2H3/t16-/m0/s1. The Hall–Kier alpha value is -2.73. The molecule has 0 aliphatic rings. The summed E-state index contributed by atoms with van der Waals surface area (Å²) < 4.78 is 14.9. The maximum Gasteiger partial charge on any atom is 0.203 e. The maximum atomic E-state index is 10.5. The van der Waals surface area contributed by atoms with Crippen molar-refractivity contribution < 1.29 is 14.6 Å². The molecule has 1 aromatic heterocycles. The normalized spacial score (nSPS) is 12.3. The van der Waals surface area contributed by atoms with Gasteiger partial charge in [-0.25, -0.2) is 0 Å². The monoisotopic (exact) mass is 369 g/mol. The van der Waals surface area contributed by atoms with Crippen LogP contribution in [0, 0.1) is 5.41 Å². The van der Waals surface area contributed by atoms with Crippen LogP contribution in [0.4, 0.5) is 0 Å². The number of rotatable bonds is 9. The van der Waals surface area contributed by atoms with Gasteiger partial charge in [-0.2, -0.15) is 0 Å². The minimum atomic E-state index is -0.741. The van der Waals surface area contributed by atoms with Gasteiger partial charge in [0.05, 0.1) is 24.7 Å². The van der Waals surface area contributed by atoms with Crippen LogP contribution >= 0.6 is 0 Å². The molecule has 1 heterocycles. The van der Waals surface area contributed by atoms with Gasteiger partial charge in [0, 0.05) is 6.54 Å². The lowest BCUT2D eigenvalue weighted by Gasteiger charge is -2.15. The summed E-state index contributed by atoms with van der Waals surface area (Å²) in [7, 11) is 1.59. The van der Waals surface area contributed by atoms with Crippen molar-refractivity contribution >= 4 is 11.0 Å². The lowest BCUT2D eigenvalue weighted by Crippen LogP contribution is -2.31. The van der Waals surface area contributed by atoms with E-state index >= 15 is 0 Å². The Balaban J connectivity index is 1.77. The molecule has 0 saturated heterocycles. The Morgan fingerprint density at radius 2 is 1.63 bits per heavy atom. The molecule has 1 atom stereocenters. The second kappa shape index (κ2) is 8.77. The van der Waals surface area contributed by atoms with Gasteiger partial charge in [0.15, 0.2) is 11.5 Å². The summed E-state index contributed by atoms with van der Waals surface area (Å²) >= 11 is 0. The molecule has 0 bridgehead atoms. The zero-order valence-corrected chi connectivity index (χ0v) is 15.9. The number of benzene rings is 2. The van der Waals surface area contributed by atoms with E-state index < -0.39 is 6.10 Å². The fraction of sp³-hybridized carbons (Fsp3) is 0.381. The van der Waals surface area contributed by atoms with Crippen molar-refractivity contribution in [2.24, 2.45) is 0 Å². The molecule has 144 valence electrons. The Kier molecular flexibility index (Phi) is 6.19. The number of aryl methyl sites for hydroxylation is 1. The number of unbranched alkanes of at least 4 members (excludes halogenated alkanes) is 1. The van der Waals surface area contributed by atoms with Crippen molar-refractivity contribution in [3.8, 4) is 11.5 Å². The van der Waals surface area contributed by atoms with Crippen molar-refractivity contribution in [3.63, 3.8) is 0 Å². The van der Waals surface area contributed by atoms with Gasteiger partial charge in [-0.15, -0.1) is 0 Å². The predicted molar refractivity (Wildman–Crippen MR) is 105 cm³/mol. The van der Waals surface area contributed by atoms with E-state index in [0.29, 0.717) is 23.7 Å². The van der Waals surface area contributed by atoms with Crippen LogP contribution in [-0.2, 0) is 13.1 Å². The molecule has 2 N–H and O–H groups in total. The molecule has 0 saturated carbocycles. The average molecular weight is 369 g/mol. The van der Waals surface area contributed by atoms with Gasteiger partial charge in [-0.05, 0) is 30.7 Å². The number of hydrogen-bond donors (Lipinski definition) is 2. The molecular weight excluding hydrogens is 342 g/mol. The molecule has 6 nitrogen and oxygen atoms in total. The second-order valence-corrected chi connectivity index (χ2v) is 6.54. The topological polar surface area (TPSA) is 72.4 Å². The summed E-state index contributed by atoms with van der Waals surface area (Å²) in [6.45, 7) is 3.37. The number of aliphatic hydroxyl groups is 1. The number of nitrogens with one attached hydrogen (secondary N) is 1. The largest absolute Gasteiger partial charge is 0.493 e. The minimum Gasteiger partial charge on any atom is -0.493 e. The van der Waals surface area contributed by atoms with Crippen molar-refractivity contribution in [2.45, 2.75) is 39.0 Å². The van der Waals surface area contributed by atoms with Crippen LogP contribution in [0.5, 0.6) is 11.5 Å². The van der Waals surface area contributed by atoms with E-state index in [1.165, 1.54) is 0 Å². The number of ether oxygens (including phenoxy) is 2. The first-order valence-electron chi connectivity index (χ1n) is 9.32. The Morgan fingerprint density at radius 3 is 2.30 bits per heavy atom. The molecule has 0 amide bonds. The summed E-state index contributed by atoms with van der Waals surface area (Å²) in [5.74, 6) is 1.23. The molecule has 6 heteroatoms. The molecule has 2 aromatic carbocycles. The number of imidazole rings is 1. The van der Waals surface area contributed by atoms with E-state index in [1.807, 2.05) is 57.7 Å². The first kappa shape index (κ1) is 19.0. The highest BCUT2D eigenvalue weighted by Gasteiger charge is 2.15. The number of aliphatic hydroxyl groups excluding tert-OH is 1. The minimum absolute atomic E-state index is 0.126. The zero-order valence-electron chi connectivity index (χ0n) is 15.9. The smallest absolute Gasteiger partial charge is 0.203 e. The lowest BCUT2D eigenvalue weighted by molar-refractivity contribution is 0.0906. The summed E-state index contributed by atoms with van der Waals surface area (Å²) in [6, 6.07) is 15.3. The van der Waals surface area contributed by atoms with E-state index in [4.69, 9.17) is 14.9 Å². The maximum absolute atomic E-state index is 10.5. The van der Waals surface area contributed by atoms with Gasteiger partial charge in [0.25, 0.3) is 0 Å². The lowest BCUT2D eigenvalue weighted by atomic mass is 10.3. The van der Waals surface area contributed by atoms with Crippen molar-refractivity contribution in [1.82, 2.24) is 9.13 Å². The van der Waals surface area contributed by atoms with Crippen LogP contribution in [0.1, 0.15) is 19.8 Å². The van der Waals surface area contributed by atoms with Crippen molar-refractivity contribution in [2.75, 3.05) is 13.7 Å². The number of para-hydroxylation sites is 4. The van der Waals surface area contributed by atoms with Crippen LogP contribution in [0.2, 0.25) is 0 Å². The summed E-state index contributed by atoms with van der Waals surface area (Å²) in [4.78, 5) is 0. The fourth-order valence-electron chi connectivity index (χ4n) is 3.21. The molecule has 3 aromatic rings. The number of aromatic nitrogens is 2. The Bertz CT molecular complexity index is 945. The quantitative estimate of drug-likeness (QED) is 0.608. The third kappa shape index (κ3) is 4.17. The van der Waals surface area contributed by atoms with Gasteiger partial charge in [0.1, 0.15) is 12.7 Å².